The van der Waals surface area contributed by atoms with Gasteiger partial charge in [-0.15, -0.1) is 0 Å². The number of nitrogens with two attached hydrogens (primary N) is 1. The molecule has 0 atom stereocenters. The Morgan fingerprint density at radius 1 is 1.33 bits per heavy atom. The summed E-state index contributed by atoms with van der Waals surface area (Å²) in [5.41, 5.74) is 5.45. The minimum Gasteiger partial charge on any atom is -0.480 e. The molecular weight excluding hydrogens is 242 g/mol. The molecule has 98 valence electrons. The van der Waals surface area contributed by atoms with E-state index in [2.05, 4.69) is 5.16 Å². The quantitative estimate of drug-likeness (QED) is 0.716. The second kappa shape index (κ2) is 5.30. The predicted octanol–water partition coefficient (Wildman–Crippen LogP) is -0.696. The second-order valence-corrected chi connectivity index (χ2v) is 3.72. The fraction of sp³-hybridized carbons (Fsp3) is 0.400. The van der Waals surface area contributed by atoms with Crippen molar-refractivity contribution in [1.29, 1.82) is 0 Å². The van der Waals surface area contributed by atoms with Crippen molar-refractivity contribution in [3.05, 3.63) is 17.0 Å². The number of rotatable bonds is 5. The summed E-state index contributed by atoms with van der Waals surface area (Å²) < 4.78 is 4.82. The molecule has 0 bridgehead atoms. The van der Waals surface area contributed by atoms with Crippen molar-refractivity contribution in [2.24, 2.45) is 5.73 Å². The zero-order valence-electron chi connectivity index (χ0n) is 9.97. The first kappa shape index (κ1) is 13.7. The van der Waals surface area contributed by atoms with Crippen LogP contribution in [0, 0.1) is 13.8 Å². The van der Waals surface area contributed by atoms with Crippen LogP contribution in [0.4, 0.5) is 0 Å². The standard InChI is InChI=1S/C10H13N3O5/c1-5-9(6(2)18-12-5)10(17)13(3-7(11)14)4-8(15)16/h3-4H2,1-2H3,(H2,11,14)(H,15,16). The Morgan fingerprint density at radius 2 is 1.94 bits per heavy atom. The minimum atomic E-state index is -1.24. The maximum Gasteiger partial charge on any atom is 0.323 e. The number of aryl methyl sites for hydroxylation is 2. The van der Waals surface area contributed by atoms with Crippen molar-refractivity contribution in [3.63, 3.8) is 0 Å². The number of aliphatic carboxylic acids is 1. The summed E-state index contributed by atoms with van der Waals surface area (Å²) in [5, 5.41) is 12.3. The highest BCUT2D eigenvalue weighted by Crippen LogP contribution is 2.14. The molecule has 0 radical (unpaired) electrons. The lowest BCUT2D eigenvalue weighted by molar-refractivity contribution is -0.138. The fourth-order valence-electron chi connectivity index (χ4n) is 1.50. The monoisotopic (exact) mass is 255 g/mol. The number of carbonyl (C=O) groups is 3. The molecule has 0 aliphatic rings. The van der Waals surface area contributed by atoms with Gasteiger partial charge in [0.05, 0.1) is 5.69 Å². The van der Waals surface area contributed by atoms with E-state index >= 15 is 0 Å². The van der Waals surface area contributed by atoms with Gasteiger partial charge < -0.3 is 20.3 Å². The number of carbonyl (C=O) groups excluding carboxylic acids is 2. The van der Waals surface area contributed by atoms with Crippen LogP contribution >= 0.6 is 0 Å². The van der Waals surface area contributed by atoms with Crippen LogP contribution in [0.25, 0.3) is 0 Å². The lowest BCUT2D eigenvalue weighted by Gasteiger charge is -2.18. The first-order valence-corrected chi connectivity index (χ1v) is 5.05. The first-order valence-electron chi connectivity index (χ1n) is 5.05. The highest BCUT2D eigenvalue weighted by Gasteiger charge is 2.25. The number of carboxylic acids is 1. The molecule has 2 amide bonds. The van der Waals surface area contributed by atoms with Crippen molar-refractivity contribution >= 4 is 17.8 Å². The van der Waals surface area contributed by atoms with Gasteiger partial charge in [-0.1, -0.05) is 5.16 Å². The third-order valence-corrected chi connectivity index (χ3v) is 2.21. The summed E-state index contributed by atoms with van der Waals surface area (Å²) in [6.07, 6.45) is 0. The lowest BCUT2D eigenvalue weighted by Crippen LogP contribution is -2.41. The van der Waals surface area contributed by atoms with Gasteiger partial charge in [0, 0.05) is 0 Å². The number of primary amides is 1. The molecule has 0 unspecified atom stereocenters. The molecule has 8 nitrogen and oxygen atoms in total. The van der Waals surface area contributed by atoms with Crippen LogP contribution in [0.2, 0.25) is 0 Å². The van der Waals surface area contributed by atoms with Crippen molar-refractivity contribution < 1.29 is 24.0 Å². The molecule has 0 saturated carbocycles. The van der Waals surface area contributed by atoms with Gasteiger partial charge in [-0.2, -0.15) is 0 Å². The smallest absolute Gasteiger partial charge is 0.323 e. The molecule has 1 rings (SSSR count). The van der Waals surface area contributed by atoms with Crippen molar-refractivity contribution in [3.8, 4) is 0 Å². The average molecular weight is 255 g/mol. The first-order chi connectivity index (χ1) is 8.32. The zero-order chi connectivity index (χ0) is 13.9. The van der Waals surface area contributed by atoms with Crippen LogP contribution in [-0.4, -0.2) is 46.0 Å². The molecule has 1 aromatic rings. The van der Waals surface area contributed by atoms with E-state index in [-0.39, 0.29) is 11.3 Å². The van der Waals surface area contributed by atoms with Gasteiger partial charge in [-0.25, -0.2) is 0 Å². The summed E-state index contributed by atoms with van der Waals surface area (Å²) >= 11 is 0. The Bertz CT molecular complexity index is 458. The van der Waals surface area contributed by atoms with Crippen LogP contribution in [0.15, 0.2) is 4.52 Å². The Kier molecular flexibility index (Phi) is 4.03. The molecule has 1 heterocycles. The number of hydrogen-bond donors (Lipinski definition) is 2. The van der Waals surface area contributed by atoms with Gasteiger partial charge in [0.15, 0.2) is 0 Å². The van der Waals surface area contributed by atoms with E-state index in [0.29, 0.717) is 5.69 Å². The molecule has 0 saturated heterocycles. The number of nitrogens with zero attached hydrogens (tertiary/aromatic N) is 2. The van der Waals surface area contributed by atoms with E-state index in [4.69, 9.17) is 15.4 Å². The van der Waals surface area contributed by atoms with Crippen molar-refractivity contribution in [1.82, 2.24) is 10.1 Å². The van der Waals surface area contributed by atoms with Crippen molar-refractivity contribution in [2.45, 2.75) is 13.8 Å². The molecule has 18 heavy (non-hydrogen) atoms. The number of carboxylic acid groups (broad SMARTS) is 1. The van der Waals surface area contributed by atoms with Gasteiger partial charge in [0.1, 0.15) is 24.4 Å². The highest BCUT2D eigenvalue weighted by atomic mass is 16.5. The van der Waals surface area contributed by atoms with E-state index in [9.17, 15) is 14.4 Å². The Labute approximate surface area is 102 Å². The van der Waals surface area contributed by atoms with E-state index in [1.54, 1.807) is 6.92 Å². The summed E-state index contributed by atoms with van der Waals surface area (Å²) in [6.45, 7) is 1.98. The normalized spacial score (nSPS) is 10.1. The molecule has 1 aromatic heterocycles. The van der Waals surface area contributed by atoms with E-state index in [1.807, 2.05) is 0 Å². The second-order valence-electron chi connectivity index (χ2n) is 3.72. The molecule has 0 aromatic carbocycles. The number of amides is 2. The Hall–Kier alpha value is -2.38. The minimum absolute atomic E-state index is 0.150. The van der Waals surface area contributed by atoms with Crippen LogP contribution < -0.4 is 5.73 Å². The van der Waals surface area contributed by atoms with Gasteiger partial charge >= 0.3 is 5.97 Å². The summed E-state index contributed by atoms with van der Waals surface area (Å²) in [6, 6.07) is 0. The van der Waals surface area contributed by atoms with E-state index < -0.39 is 30.9 Å². The van der Waals surface area contributed by atoms with Crippen LogP contribution in [-0.2, 0) is 9.59 Å². The van der Waals surface area contributed by atoms with Crippen LogP contribution in [0.1, 0.15) is 21.8 Å². The Balaban J connectivity index is 3.02. The lowest BCUT2D eigenvalue weighted by atomic mass is 10.1. The molecule has 3 N–H and O–H groups in total. The molecule has 0 spiro atoms. The van der Waals surface area contributed by atoms with Crippen LogP contribution in [0.5, 0.6) is 0 Å². The summed E-state index contributed by atoms with van der Waals surface area (Å²) in [4.78, 5) is 34.4. The molecule has 0 aliphatic carbocycles. The predicted molar refractivity (Wildman–Crippen MR) is 58.7 cm³/mol. The van der Waals surface area contributed by atoms with Gasteiger partial charge in [-0.05, 0) is 13.8 Å². The molecule has 0 aliphatic heterocycles. The average Bonchev–Trinajstić information content (AvgIpc) is 2.55. The van der Waals surface area contributed by atoms with Gasteiger partial charge in [-0.3, -0.25) is 14.4 Å². The highest BCUT2D eigenvalue weighted by molar-refractivity contribution is 5.99. The van der Waals surface area contributed by atoms with E-state index in [1.165, 1.54) is 6.92 Å². The molecule has 8 heteroatoms. The topological polar surface area (TPSA) is 127 Å². The van der Waals surface area contributed by atoms with Gasteiger partial charge in [0.2, 0.25) is 5.91 Å². The SMILES string of the molecule is Cc1noc(C)c1C(=O)N(CC(N)=O)CC(=O)O. The molecular formula is C10H13N3O5. The third kappa shape index (κ3) is 3.06. The maximum atomic E-state index is 12.1. The maximum absolute atomic E-state index is 12.1. The zero-order valence-corrected chi connectivity index (χ0v) is 9.97. The van der Waals surface area contributed by atoms with Crippen molar-refractivity contribution in [2.75, 3.05) is 13.1 Å². The summed E-state index contributed by atoms with van der Waals surface area (Å²) in [5.74, 6) is -2.42. The number of aromatic nitrogens is 1. The van der Waals surface area contributed by atoms with Gasteiger partial charge in [0.25, 0.3) is 5.91 Å². The largest absolute Gasteiger partial charge is 0.480 e. The van der Waals surface area contributed by atoms with E-state index in [0.717, 1.165) is 4.90 Å². The summed E-state index contributed by atoms with van der Waals surface area (Å²) in [7, 11) is 0. The third-order valence-electron chi connectivity index (χ3n) is 2.21. The number of hydrogen-bond acceptors (Lipinski definition) is 5. The van der Waals surface area contributed by atoms with Crippen LogP contribution in [0.3, 0.4) is 0 Å². The Morgan fingerprint density at radius 3 is 2.33 bits per heavy atom. The fourth-order valence-corrected chi connectivity index (χ4v) is 1.50. The molecule has 0 fully saturated rings.